The SMILES string of the molecule is CCC1CCCCN1C(C)C(O)c1ccc(C)cc1. The zero-order valence-corrected chi connectivity index (χ0v) is 12.5. The van der Waals surface area contributed by atoms with Crippen molar-refractivity contribution in [3.8, 4) is 0 Å². The Hall–Kier alpha value is -0.860. The summed E-state index contributed by atoms with van der Waals surface area (Å²) in [4.78, 5) is 2.51. The fourth-order valence-corrected chi connectivity index (χ4v) is 3.22. The smallest absolute Gasteiger partial charge is 0.0942 e. The van der Waals surface area contributed by atoms with Crippen molar-refractivity contribution in [3.05, 3.63) is 35.4 Å². The summed E-state index contributed by atoms with van der Waals surface area (Å²) in [7, 11) is 0. The van der Waals surface area contributed by atoms with E-state index >= 15 is 0 Å². The maximum atomic E-state index is 10.6. The number of aliphatic hydroxyl groups is 1. The normalized spacial score (nSPS) is 24.1. The van der Waals surface area contributed by atoms with Crippen LogP contribution < -0.4 is 0 Å². The van der Waals surface area contributed by atoms with Crippen molar-refractivity contribution in [2.45, 2.75) is 64.6 Å². The second-order valence-electron chi connectivity index (χ2n) is 5.89. The van der Waals surface area contributed by atoms with Gasteiger partial charge < -0.3 is 5.11 Å². The number of hydrogen-bond donors (Lipinski definition) is 1. The molecule has 0 aromatic heterocycles. The molecule has 3 unspecified atom stereocenters. The van der Waals surface area contributed by atoms with Crippen LogP contribution in [0.15, 0.2) is 24.3 Å². The standard InChI is InChI=1S/C17H27NO/c1-4-16-7-5-6-12-18(16)14(3)17(19)15-10-8-13(2)9-11-15/h8-11,14,16-17,19H,4-7,12H2,1-3H3. The summed E-state index contributed by atoms with van der Waals surface area (Å²) < 4.78 is 0. The fourth-order valence-electron chi connectivity index (χ4n) is 3.22. The average Bonchev–Trinajstić information content (AvgIpc) is 2.46. The summed E-state index contributed by atoms with van der Waals surface area (Å²) in [6.45, 7) is 7.63. The van der Waals surface area contributed by atoms with Gasteiger partial charge in [-0.15, -0.1) is 0 Å². The van der Waals surface area contributed by atoms with Crippen molar-refractivity contribution in [1.29, 1.82) is 0 Å². The van der Waals surface area contributed by atoms with Gasteiger partial charge in [-0.3, -0.25) is 4.90 Å². The van der Waals surface area contributed by atoms with Gasteiger partial charge in [0.05, 0.1) is 6.10 Å². The Kier molecular flexibility index (Phi) is 5.00. The molecule has 0 amide bonds. The van der Waals surface area contributed by atoms with E-state index in [1.165, 1.54) is 31.2 Å². The third kappa shape index (κ3) is 3.37. The number of aryl methyl sites for hydroxylation is 1. The van der Waals surface area contributed by atoms with Gasteiger partial charge in [0.2, 0.25) is 0 Å². The maximum Gasteiger partial charge on any atom is 0.0942 e. The molecule has 1 fully saturated rings. The molecule has 19 heavy (non-hydrogen) atoms. The van der Waals surface area contributed by atoms with Crippen LogP contribution in [-0.2, 0) is 0 Å². The zero-order chi connectivity index (χ0) is 13.8. The van der Waals surface area contributed by atoms with Crippen molar-refractivity contribution in [2.75, 3.05) is 6.54 Å². The molecule has 0 saturated carbocycles. The summed E-state index contributed by atoms with van der Waals surface area (Å²) in [5, 5.41) is 10.6. The van der Waals surface area contributed by atoms with Gasteiger partial charge >= 0.3 is 0 Å². The first kappa shape index (κ1) is 14.5. The van der Waals surface area contributed by atoms with Crippen LogP contribution in [0.4, 0.5) is 0 Å². The minimum Gasteiger partial charge on any atom is -0.387 e. The minimum atomic E-state index is -0.382. The van der Waals surface area contributed by atoms with Crippen molar-refractivity contribution in [1.82, 2.24) is 4.90 Å². The Balaban J connectivity index is 2.08. The van der Waals surface area contributed by atoms with Gasteiger partial charge in [-0.1, -0.05) is 43.2 Å². The molecule has 1 heterocycles. The van der Waals surface area contributed by atoms with Crippen LogP contribution in [0, 0.1) is 6.92 Å². The van der Waals surface area contributed by atoms with Crippen LogP contribution in [0.5, 0.6) is 0 Å². The first-order valence-electron chi connectivity index (χ1n) is 7.64. The molecule has 0 radical (unpaired) electrons. The molecule has 2 rings (SSSR count). The van der Waals surface area contributed by atoms with Gasteiger partial charge in [0.1, 0.15) is 0 Å². The zero-order valence-electron chi connectivity index (χ0n) is 12.5. The Morgan fingerprint density at radius 3 is 2.58 bits per heavy atom. The summed E-state index contributed by atoms with van der Waals surface area (Å²) in [6, 6.07) is 9.12. The van der Waals surface area contributed by atoms with E-state index in [1.807, 2.05) is 0 Å². The Morgan fingerprint density at radius 1 is 1.26 bits per heavy atom. The molecule has 0 bridgehead atoms. The van der Waals surface area contributed by atoms with Crippen LogP contribution in [0.2, 0.25) is 0 Å². The second-order valence-corrected chi connectivity index (χ2v) is 5.89. The van der Waals surface area contributed by atoms with E-state index in [-0.39, 0.29) is 12.1 Å². The highest BCUT2D eigenvalue weighted by molar-refractivity contribution is 5.24. The lowest BCUT2D eigenvalue weighted by molar-refractivity contribution is 0.0142. The highest BCUT2D eigenvalue weighted by Crippen LogP contribution is 2.28. The number of benzene rings is 1. The van der Waals surface area contributed by atoms with Crippen LogP contribution in [0.1, 0.15) is 56.8 Å². The summed E-state index contributed by atoms with van der Waals surface area (Å²) in [5.41, 5.74) is 2.28. The quantitative estimate of drug-likeness (QED) is 0.893. The molecule has 1 aliphatic rings. The highest BCUT2D eigenvalue weighted by Gasteiger charge is 2.29. The van der Waals surface area contributed by atoms with Gasteiger partial charge in [-0.05, 0) is 45.2 Å². The molecule has 0 spiro atoms. The maximum absolute atomic E-state index is 10.6. The molecular weight excluding hydrogens is 234 g/mol. The van der Waals surface area contributed by atoms with Crippen molar-refractivity contribution in [2.24, 2.45) is 0 Å². The molecule has 1 aromatic carbocycles. The molecule has 1 aliphatic heterocycles. The number of rotatable bonds is 4. The van der Waals surface area contributed by atoms with E-state index in [0.717, 1.165) is 12.1 Å². The van der Waals surface area contributed by atoms with E-state index in [4.69, 9.17) is 0 Å². The van der Waals surface area contributed by atoms with Crippen molar-refractivity contribution < 1.29 is 5.11 Å². The fraction of sp³-hybridized carbons (Fsp3) is 0.647. The van der Waals surface area contributed by atoms with Crippen LogP contribution >= 0.6 is 0 Å². The predicted molar refractivity (Wildman–Crippen MR) is 80.2 cm³/mol. The highest BCUT2D eigenvalue weighted by atomic mass is 16.3. The van der Waals surface area contributed by atoms with Crippen LogP contribution in [0.3, 0.4) is 0 Å². The van der Waals surface area contributed by atoms with E-state index in [1.54, 1.807) is 0 Å². The van der Waals surface area contributed by atoms with E-state index in [9.17, 15) is 5.11 Å². The first-order valence-corrected chi connectivity index (χ1v) is 7.64. The predicted octanol–water partition coefficient (Wildman–Crippen LogP) is 3.68. The summed E-state index contributed by atoms with van der Waals surface area (Å²) in [5.74, 6) is 0. The molecule has 0 aliphatic carbocycles. The first-order chi connectivity index (χ1) is 9.13. The molecule has 1 N–H and O–H groups in total. The van der Waals surface area contributed by atoms with Gasteiger partial charge in [0, 0.05) is 12.1 Å². The molecule has 2 heteroatoms. The lowest BCUT2D eigenvalue weighted by Gasteiger charge is -2.41. The van der Waals surface area contributed by atoms with Gasteiger partial charge in [0.15, 0.2) is 0 Å². The average molecular weight is 261 g/mol. The molecule has 106 valence electrons. The number of hydrogen-bond acceptors (Lipinski definition) is 2. The molecule has 3 atom stereocenters. The third-order valence-electron chi connectivity index (χ3n) is 4.54. The van der Waals surface area contributed by atoms with Crippen LogP contribution in [0.25, 0.3) is 0 Å². The third-order valence-corrected chi connectivity index (χ3v) is 4.54. The Bertz CT molecular complexity index is 387. The lowest BCUT2D eigenvalue weighted by atomic mass is 9.94. The van der Waals surface area contributed by atoms with Crippen molar-refractivity contribution >= 4 is 0 Å². The largest absolute Gasteiger partial charge is 0.387 e. The van der Waals surface area contributed by atoms with Gasteiger partial charge in [0.25, 0.3) is 0 Å². The van der Waals surface area contributed by atoms with Crippen LogP contribution in [-0.4, -0.2) is 28.6 Å². The van der Waals surface area contributed by atoms with E-state index < -0.39 is 0 Å². The number of likely N-dealkylation sites (tertiary alicyclic amines) is 1. The number of piperidine rings is 1. The monoisotopic (exact) mass is 261 g/mol. The minimum absolute atomic E-state index is 0.202. The van der Waals surface area contributed by atoms with E-state index in [0.29, 0.717) is 6.04 Å². The topological polar surface area (TPSA) is 23.5 Å². The molecule has 1 saturated heterocycles. The Labute approximate surface area is 117 Å². The van der Waals surface area contributed by atoms with E-state index in [2.05, 4.69) is 49.9 Å². The molecule has 1 aromatic rings. The summed E-state index contributed by atoms with van der Waals surface area (Å²) >= 11 is 0. The lowest BCUT2D eigenvalue weighted by Crippen LogP contribution is -2.47. The van der Waals surface area contributed by atoms with Crippen molar-refractivity contribution in [3.63, 3.8) is 0 Å². The van der Waals surface area contributed by atoms with Gasteiger partial charge in [-0.25, -0.2) is 0 Å². The van der Waals surface area contributed by atoms with Gasteiger partial charge in [-0.2, -0.15) is 0 Å². The molecular formula is C17H27NO. The molecule has 2 nitrogen and oxygen atoms in total. The Morgan fingerprint density at radius 2 is 1.95 bits per heavy atom. The number of nitrogens with zero attached hydrogens (tertiary/aromatic N) is 1. The second kappa shape index (κ2) is 6.53. The number of aliphatic hydroxyl groups excluding tert-OH is 1. The summed E-state index contributed by atoms with van der Waals surface area (Å²) in [6.07, 6.45) is 4.68.